The highest BCUT2D eigenvalue weighted by atomic mass is 35.5. The normalized spacial score (nSPS) is 17.1. The second-order valence-electron chi connectivity index (χ2n) is 7.68. The molecule has 1 saturated heterocycles. The summed E-state index contributed by atoms with van der Waals surface area (Å²) in [5, 5.41) is 20.6. The van der Waals surface area contributed by atoms with Crippen molar-refractivity contribution in [1.82, 2.24) is 4.90 Å². The van der Waals surface area contributed by atoms with Crippen molar-refractivity contribution < 1.29 is 29.3 Å². The minimum absolute atomic E-state index is 0.0134. The van der Waals surface area contributed by atoms with Crippen LogP contribution < -0.4 is 4.74 Å². The maximum absolute atomic E-state index is 13.2. The molecule has 0 spiro atoms. The third kappa shape index (κ3) is 4.25. The summed E-state index contributed by atoms with van der Waals surface area (Å²) in [5.74, 6) is -2.60. The molecule has 2 N–H and O–H groups in total. The van der Waals surface area contributed by atoms with Crippen molar-refractivity contribution in [2.75, 3.05) is 7.11 Å². The van der Waals surface area contributed by atoms with E-state index >= 15 is 0 Å². The Kier molecular flexibility index (Phi) is 6.38. The van der Waals surface area contributed by atoms with Crippen LogP contribution in [0.25, 0.3) is 5.76 Å². The van der Waals surface area contributed by atoms with Crippen LogP contribution >= 0.6 is 11.6 Å². The first kappa shape index (κ1) is 23.1. The number of ether oxygens (including phenoxy) is 1. The van der Waals surface area contributed by atoms with Gasteiger partial charge in [-0.3, -0.25) is 9.59 Å². The van der Waals surface area contributed by atoms with Crippen LogP contribution in [-0.4, -0.2) is 39.9 Å². The van der Waals surface area contributed by atoms with Gasteiger partial charge in [-0.15, -0.1) is 0 Å². The SMILES string of the molecule is COc1ccccc1C1/C(=C(\O)c2cccc(Cl)c2)C(=O)C(=O)N1Cc1ccc(C(=O)O)cc1. The minimum atomic E-state index is -1.07. The van der Waals surface area contributed by atoms with Gasteiger partial charge in [0.1, 0.15) is 11.5 Å². The molecule has 1 atom stereocenters. The summed E-state index contributed by atoms with van der Waals surface area (Å²) in [6.45, 7) is 0.0134. The standard InChI is InChI=1S/C26H20ClNO6/c1-34-20-8-3-2-7-19(20)22-21(23(29)17-5-4-6-18(27)13-17)24(30)25(31)28(22)14-15-9-11-16(12-10-15)26(32)33/h2-13,22,29H,14H2,1H3,(H,32,33)/b23-21+. The zero-order chi connectivity index (χ0) is 24.4. The number of ketones is 1. The lowest BCUT2D eigenvalue weighted by Gasteiger charge is -2.26. The number of carboxylic acids is 1. The number of carbonyl (C=O) groups excluding carboxylic acids is 2. The van der Waals surface area contributed by atoms with Gasteiger partial charge in [0.2, 0.25) is 0 Å². The maximum atomic E-state index is 13.2. The van der Waals surface area contributed by atoms with Gasteiger partial charge in [-0.25, -0.2) is 4.79 Å². The van der Waals surface area contributed by atoms with E-state index in [-0.39, 0.29) is 23.4 Å². The van der Waals surface area contributed by atoms with Gasteiger partial charge in [0.25, 0.3) is 11.7 Å². The van der Waals surface area contributed by atoms with E-state index in [0.29, 0.717) is 27.5 Å². The number of carboxylic acid groups (broad SMARTS) is 1. The van der Waals surface area contributed by atoms with E-state index in [1.807, 2.05) is 0 Å². The van der Waals surface area contributed by atoms with Crippen LogP contribution in [0.5, 0.6) is 5.75 Å². The van der Waals surface area contributed by atoms with E-state index in [4.69, 9.17) is 21.4 Å². The van der Waals surface area contributed by atoms with Crippen molar-refractivity contribution in [2.45, 2.75) is 12.6 Å². The van der Waals surface area contributed by atoms with Gasteiger partial charge in [-0.2, -0.15) is 0 Å². The molecular formula is C26H20ClNO6. The summed E-state index contributed by atoms with van der Waals surface area (Å²) >= 11 is 6.07. The third-order valence-electron chi connectivity index (χ3n) is 5.63. The minimum Gasteiger partial charge on any atom is -0.507 e. The smallest absolute Gasteiger partial charge is 0.335 e. The van der Waals surface area contributed by atoms with Crippen LogP contribution in [0.3, 0.4) is 0 Å². The zero-order valence-corrected chi connectivity index (χ0v) is 18.8. The number of benzene rings is 3. The number of Topliss-reactive ketones (excluding diaryl/α,β-unsaturated/α-hetero) is 1. The molecule has 8 heteroatoms. The molecule has 0 saturated carbocycles. The molecule has 0 bridgehead atoms. The molecule has 1 fully saturated rings. The monoisotopic (exact) mass is 477 g/mol. The molecule has 7 nitrogen and oxygen atoms in total. The number of hydrogen-bond donors (Lipinski definition) is 2. The molecule has 0 radical (unpaired) electrons. The van der Waals surface area contributed by atoms with Crippen molar-refractivity contribution in [1.29, 1.82) is 0 Å². The van der Waals surface area contributed by atoms with Gasteiger partial charge in [0.15, 0.2) is 0 Å². The molecule has 1 unspecified atom stereocenters. The highest BCUT2D eigenvalue weighted by Crippen LogP contribution is 2.43. The third-order valence-corrected chi connectivity index (χ3v) is 5.86. The van der Waals surface area contributed by atoms with Crippen molar-refractivity contribution >= 4 is 35.0 Å². The zero-order valence-electron chi connectivity index (χ0n) is 18.1. The number of carbonyl (C=O) groups is 3. The lowest BCUT2D eigenvalue weighted by Crippen LogP contribution is -2.29. The fourth-order valence-electron chi connectivity index (χ4n) is 4.00. The number of likely N-dealkylation sites (tertiary alicyclic amines) is 1. The van der Waals surface area contributed by atoms with Crippen molar-refractivity contribution in [3.63, 3.8) is 0 Å². The van der Waals surface area contributed by atoms with Crippen LogP contribution in [-0.2, 0) is 16.1 Å². The van der Waals surface area contributed by atoms with Gasteiger partial charge in [-0.05, 0) is 35.9 Å². The van der Waals surface area contributed by atoms with Crippen LogP contribution in [0.2, 0.25) is 5.02 Å². The summed E-state index contributed by atoms with van der Waals surface area (Å²) in [5.41, 5.74) is 1.47. The van der Waals surface area contributed by atoms with Crippen LogP contribution in [0.15, 0.2) is 78.4 Å². The Hall–Kier alpha value is -4.10. The molecule has 0 aromatic heterocycles. The quantitative estimate of drug-likeness (QED) is 0.304. The molecule has 3 aromatic rings. The van der Waals surface area contributed by atoms with Crippen molar-refractivity contribution in [3.05, 3.63) is 106 Å². The number of aliphatic hydroxyl groups excluding tert-OH is 1. The molecule has 4 rings (SSSR count). The van der Waals surface area contributed by atoms with Crippen LogP contribution in [0.4, 0.5) is 0 Å². The van der Waals surface area contributed by atoms with E-state index in [1.54, 1.807) is 54.6 Å². The fourth-order valence-corrected chi connectivity index (χ4v) is 4.19. The average molecular weight is 478 g/mol. The van der Waals surface area contributed by atoms with Crippen molar-refractivity contribution in [3.8, 4) is 5.75 Å². The number of amides is 1. The second-order valence-corrected chi connectivity index (χ2v) is 8.12. The summed E-state index contributed by atoms with van der Waals surface area (Å²) in [6, 6.07) is 18.4. The van der Waals surface area contributed by atoms with E-state index < -0.39 is 23.7 Å². The molecule has 1 amide bonds. The lowest BCUT2D eigenvalue weighted by molar-refractivity contribution is -0.140. The molecule has 0 aliphatic carbocycles. The lowest BCUT2D eigenvalue weighted by atomic mass is 9.94. The Bertz CT molecular complexity index is 1310. The topological polar surface area (TPSA) is 104 Å². The number of para-hydroxylation sites is 1. The van der Waals surface area contributed by atoms with Gasteiger partial charge in [0, 0.05) is 22.7 Å². The second kappa shape index (κ2) is 9.41. The number of halogens is 1. The number of rotatable bonds is 6. The first-order valence-electron chi connectivity index (χ1n) is 10.3. The largest absolute Gasteiger partial charge is 0.507 e. The van der Waals surface area contributed by atoms with Crippen molar-refractivity contribution in [2.24, 2.45) is 0 Å². The number of methoxy groups -OCH3 is 1. The van der Waals surface area contributed by atoms with E-state index in [2.05, 4.69) is 0 Å². The summed E-state index contributed by atoms with van der Waals surface area (Å²) in [7, 11) is 1.48. The fraction of sp³-hybridized carbons (Fsp3) is 0.115. The molecule has 1 aliphatic heterocycles. The summed E-state index contributed by atoms with van der Waals surface area (Å²) in [4.78, 5) is 38.8. The Morgan fingerprint density at radius 3 is 2.32 bits per heavy atom. The summed E-state index contributed by atoms with van der Waals surface area (Å²) < 4.78 is 5.48. The van der Waals surface area contributed by atoms with Crippen LogP contribution in [0.1, 0.15) is 33.1 Å². The number of aliphatic hydroxyl groups is 1. The van der Waals surface area contributed by atoms with Gasteiger partial charge in [0.05, 0.1) is 24.3 Å². The number of aromatic carboxylic acids is 1. The first-order valence-corrected chi connectivity index (χ1v) is 10.7. The highest BCUT2D eigenvalue weighted by molar-refractivity contribution is 6.46. The molecule has 1 aliphatic rings. The van der Waals surface area contributed by atoms with Crippen LogP contribution in [0, 0.1) is 0 Å². The molecule has 1 heterocycles. The van der Waals surface area contributed by atoms with Gasteiger partial charge >= 0.3 is 5.97 Å². The first-order chi connectivity index (χ1) is 16.3. The van der Waals surface area contributed by atoms with E-state index in [1.165, 1.54) is 30.2 Å². The average Bonchev–Trinajstić information content (AvgIpc) is 3.08. The summed E-state index contributed by atoms with van der Waals surface area (Å²) in [6.07, 6.45) is 0. The molecule has 34 heavy (non-hydrogen) atoms. The molecular weight excluding hydrogens is 458 g/mol. The maximum Gasteiger partial charge on any atom is 0.335 e. The Labute approximate surface area is 200 Å². The number of nitrogens with zero attached hydrogens (tertiary/aromatic N) is 1. The molecule has 3 aromatic carbocycles. The van der Waals surface area contributed by atoms with E-state index in [9.17, 15) is 19.5 Å². The predicted octanol–water partition coefficient (Wildman–Crippen LogP) is 4.67. The molecule has 172 valence electrons. The van der Waals surface area contributed by atoms with E-state index in [0.717, 1.165) is 0 Å². The van der Waals surface area contributed by atoms with Gasteiger partial charge in [-0.1, -0.05) is 54.1 Å². The Morgan fingerprint density at radius 2 is 1.68 bits per heavy atom. The Morgan fingerprint density at radius 1 is 0.971 bits per heavy atom. The number of hydrogen-bond acceptors (Lipinski definition) is 5. The van der Waals surface area contributed by atoms with Gasteiger partial charge < -0.3 is 19.8 Å². The highest BCUT2D eigenvalue weighted by Gasteiger charge is 2.47. The Balaban J connectivity index is 1.86. The predicted molar refractivity (Wildman–Crippen MR) is 126 cm³/mol.